The first kappa shape index (κ1) is 18.2. The van der Waals surface area contributed by atoms with Crippen molar-refractivity contribution in [1.29, 1.82) is 0 Å². The number of halogens is 1. The van der Waals surface area contributed by atoms with Gasteiger partial charge in [-0.1, -0.05) is 21.5 Å². The quantitative estimate of drug-likeness (QED) is 0.416. The summed E-state index contributed by atoms with van der Waals surface area (Å²) in [4.78, 5) is 23.2. The Labute approximate surface area is 138 Å². The van der Waals surface area contributed by atoms with E-state index in [1.54, 1.807) is 24.3 Å². The minimum absolute atomic E-state index is 0.0196. The van der Waals surface area contributed by atoms with Crippen molar-refractivity contribution in [3.63, 3.8) is 0 Å². The van der Waals surface area contributed by atoms with Gasteiger partial charge in [0.1, 0.15) is 6.61 Å². The molecule has 0 spiro atoms. The number of rotatable bonds is 7. The van der Waals surface area contributed by atoms with Crippen molar-refractivity contribution in [3.8, 4) is 11.5 Å². The van der Waals surface area contributed by atoms with Crippen LogP contribution in [0.15, 0.2) is 34.3 Å². The molecular formula is C16H19BrO5. The van der Waals surface area contributed by atoms with Crippen LogP contribution in [0.2, 0.25) is 0 Å². The molecule has 120 valence electrons. The van der Waals surface area contributed by atoms with E-state index in [1.807, 2.05) is 13.8 Å². The predicted molar refractivity (Wildman–Crippen MR) is 86.0 cm³/mol. The lowest BCUT2D eigenvalue weighted by Gasteiger charge is -2.09. The molecule has 0 amide bonds. The number of hydrogen-bond acceptors (Lipinski definition) is 5. The van der Waals surface area contributed by atoms with Gasteiger partial charge in [0.2, 0.25) is 0 Å². The second kappa shape index (κ2) is 9.25. The summed E-state index contributed by atoms with van der Waals surface area (Å²) in [6.07, 6.45) is 1.73. The first-order valence-electron chi connectivity index (χ1n) is 6.75. The normalized spacial score (nSPS) is 9.82. The van der Waals surface area contributed by atoms with Gasteiger partial charge in [-0.05, 0) is 38.1 Å². The van der Waals surface area contributed by atoms with Crippen molar-refractivity contribution in [2.45, 2.75) is 26.7 Å². The number of allylic oxidation sites excluding steroid dienone is 1. The molecule has 0 aliphatic carbocycles. The summed E-state index contributed by atoms with van der Waals surface area (Å²) in [6, 6.07) is 5.04. The Morgan fingerprint density at radius 2 is 1.82 bits per heavy atom. The molecule has 0 unspecified atom stereocenters. The maximum Gasteiger partial charge on any atom is 0.311 e. The lowest BCUT2D eigenvalue weighted by molar-refractivity contribution is -0.146. The van der Waals surface area contributed by atoms with Crippen molar-refractivity contribution in [2.24, 2.45) is 0 Å². The number of esters is 2. The molecule has 0 bridgehead atoms. The fourth-order valence-corrected chi connectivity index (χ4v) is 1.82. The Morgan fingerprint density at radius 3 is 2.45 bits per heavy atom. The van der Waals surface area contributed by atoms with E-state index in [0.29, 0.717) is 11.5 Å². The van der Waals surface area contributed by atoms with Gasteiger partial charge in [-0.15, -0.1) is 0 Å². The largest absolute Gasteiger partial charge is 0.493 e. The van der Waals surface area contributed by atoms with Crippen LogP contribution < -0.4 is 9.47 Å². The van der Waals surface area contributed by atoms with Crippen LogP contribution in [0.5, 0.6) is 11.5 Å². The predicted octanol–water partition coefficient (Wildman–Crippen LogP) is 3.65. The first-order valence-corrected chi connectivity index (χ1v) is 7.55. The molecule has 0 saturated heterocycles. The molecule has 1 aromatic rings. The Morgan fingerprint density at radius 1 is 1.14 bits per heavy atom. The highest BCUT2D eigenvalue weighted by atomic mass is 79.9. The molecular weight excluding hydrogens is 352 g/mol. The Balaban J connectivity index is 2.43. The highest BCUT2D eigenvalue weighted by molar-refractivity contribution is 9.10. The van der Waals surface area contributed by atoms with E-state index in [2.05, 4.69) is 15.9 Å². The Kier molecular flexibility index (Phi) is 7.66. The van der Waals surface area contributed by atoms with Gasteiger partial charge in [0.25, 0.3) is 0 Å². The molecule has 1 rings (SSSR count). The highest BCUT2D eigenvalue weighted by Crippen LogP contribution is 2.30. The summed E-state index contributed by atoms with van der Waals surface area (Å²) in [7, 11) is 1.49. The lowest BCUT2D eigenvalue weighted by Crippen LogP contribution is -2.13. The highest BCUT2D eigenvalue weighted by Gasteiger charge is 2.13. The van der Waals surface area contributed by atoms with Crippen molar-refractivity contribution in [1.82, 2.24) is 0 Å². The summed E-state index contributed by atoms with van der Waals surface area (Å²) in [5.41, 5.74) is 1.06. The van der Waals surface area contributed by atoms with Crippen molar-refractivity contribution < 1.29 is 23.8 Å². The van der Waals surface area contributed by atoms with Crippen molar-refractivity contribution in [2.75, 3.05) is 13.7 Å². The number of carbonyl (C=O) groups is 2. The molecule has 6 heteroatoms. The van der Waals surface area contributed by atoms with Crippen molar-refractivity contribution >= 4 is 27.9 Å². The van der Waals surface area contributed by atoms with Gasteiger partial charge in [0.15, 0.2) is 11.5 Å². The van der Waals surface area contributed by atoms with Crippen LogP contribution in [-0.4, -0.2) is 25.7 Å². The van der Waals surface area contributed by atoms with E-state index in [0.717, 1.165) is 10.0 Å². The lowest BCUT2D eigenvalue weighted by atomic mass is 10.3. The van der Waals surface area contributed by atoms with Gasteiger partial charge in [-0.25, -0.2) is 0 Å². The maximum absolute atomic E-state index is 11.7. The topological polar surface area (TPSA) is 61.8 Å². The fraction of sp³-hybridized carbons (Fsp3) is 0.375. The summed E-state index contributed by atoms with van der Waals surface area (Å²) >= 11 is 3.30. The average molecular weight is 371 g/mol. The zero-order chi connectivity index (χ0) is 16.5. The zero-order valence-corrected chi connectivity index (χ0v) is 14.4. The molecule has 1 aromatic carbocycles. The molecule has 0 aliphatic rings. The summed E-state index contributed by atoms with van der Waals surface area (Å²) in [6.45, 7) is 4.05. The van der Waals surface area contributed by atoms with Gasteiger partial charge in [-0.3, -0.25) is 9.59 Å². The van der Waals surface area contributed by atoms with E-state index in [-0.39, 0.29) is 19.4 Å². The Bertz CT molecular complexity index is 562. The third kappa shape index (κ3) is 6.76. The van der Waals surface area contributed by atoms with E-state index in [9.17, 15) is 9.59 Å². The van der Waals surface area contributed by atoms with Crippen LogP contribution in [0, 0.1) is 0 Å². The molecule has 0 atom stereocenters. The maximum atomic E-state index is 11.7. The molecule has 0 heterocycles. The van der Waals surface area contributed by atoms with Gasteiger partial charge in [-0.2, -0.15) is 0 Å². The minimum atomic E-state index is -0.514. The van der Waals surface area contributed by atoms with Crippen LogP contribution in [-0.2, 0) is 14.3 Å². The molecule has 0 aliphatic heterocycles. The molecule has 0 saturated carbocycles. The molecule has 22 heavy (non-hydrogen) atoms. The SMILES string of the molecule is COc1cc(Br)ccc1OC(=O)CCC(=O)OCC=C(C)C. The summed E-state index contributed by atoms with van der Waals surface area (Å²) < 4.78 is 16.1. The monoisotopic (exact) mass is 370 g/mol. The Hall–Kier alpha value is -1.82. The molecule has 0 fully saturated rings. The van der Waals surface area contributed by atoms with E-state index < -0.39 is 11.9 Å². The van der Waals surface area contributed by atoms with E-state index >= 15 is 0 Å². The smallest absolute Gasteiger partial charge is 0.311 e. The van der Waals surface area contributed by atoms with Gasteiger partial charge >= 0.3 is 11.9 Å². The molecule has 5 nitrogen and oxygen atoms in total. The fourth-order valence-electron chi connectivity index (χ4n) is 1.48. The number of benzene rings is 1. The molecule has 0 radical (unpaired) electrons. The second-order valence-electron chi connectivity index (χ2n) is 4.73. The van der Waals surface area contributed by atoms with E-state index in [1.165, 1.54) is 7.11 Å². The van der Waals surface area contributed by atoms with E-state index in [4.69, 9.17) is 14.2 Å². The minimum Gasteiger partial charge on any atom is -0.493 e. The molecule has 0 aromatic heterocycles. The number of hydrogen-bond donors (Lipinski definition) is 0. The van der Waals surface area contributed by atoms with Crippen LogP contribution >= 0.6 is 15.9 Å². The number of methoxy groups -OCH3 is 1. The summed E-state index contributed by atoms with van der Waals surface area (Å²) in [5, 5.41) is 0. The standard InChI is InChI=1S/C16H19BrO5/c1-11(2)8-9-21-15(18)6-7-16(19)22-13-5-4-12(17)10-14(13)20-3/h4-5,8,10H,6-7,9H2,1-3H3. The van der Waals surface area contributed by atoms with Crippen LogP contribution in [0.1, 0.15) is 26.7 Å². The van der Waals surface area contributed by atoms with Crippen LogP contribution in [0.4, 0.5) is 0 Å². The first-order chi connectivity index (χ1) is 10.4. The number of ether oxygens (including phenoxy) is 3. The third-order valence-electron chi connectivity index (χ3n) is 2.62. The summed E-state index contributed by atoms with van der Waals surface area (Å²) in [5.74, 6) is -0.195. The van der Waals surface area contributed by atoms with Gasteiger partial charge in [0, 0.05) is 4.47 Å². The average Bonchev–Trinajstić information content (AvgIpc) is 2.46. The molecule has 0 N–H and O–H groups in total. The van der Waals surface area contributed by atoms with Crippen LogP contribution in [0.25, 0.3) is 0 Å². The third-order valence-corrected chi connectivity index (χ3v) is 3.11. The number of carbonyl (C=O) groups excluding carboxylic acids is 2. The zero-order valence-electron chi connectivity index (χ0n) is 12.8. The van der Waals surface area contributed by atoms with Crippen LogP contribution in [0.3, 0.4) is 0 Å². The van der Waals surface area contributed by atoms with Gasteiger partial charge < -0.3 is 14.2 Å². The van der Waals surface area contributed by atoms with Gasteiger partial charge in [0.05, 0.1) is 20.0 Å². The van der Waals surface area contributed by atoms with Crippen molar-refractivity contribution in [3.05, 3.63) is 34.3 Å². The second-order valence-corrected chi connectivity index (χ2v) is 5.65.